The Hall–Kier alpha value is -2.74. The van der Waals surface area contributed by atoms with E-state index in [2.05, 4.69) is 25.3 Å². The van der Waals surface area contributed by atoms with E-state index in [1.165, 1.54) is 0 Å². The van der Waals surface area contributed by atoms with E-state index in [-0.39, 0.29) is 17.6 Å². The average Bonchev–Trinajstić information content (AvgIpc) is 3.10. The number of H-pyrrole nitrogens is 1. The number of rotatable bonds is 4. The number of carbonyl (C=O) groups is 1. The number of aromatic amines is 1. The SMILES string of the molecule is CC(=O)N1CCC[C@@H](CNc2nc(-c3c[nH]c4ncc(Cl)cc34)ncc2F)C1. The highest BCUT2D eigenvalue weighted by Gasteiger charge is 2.22. The maximum Gasteiger partial charge on any atom is 0.219 e. The van der Waals surface area contributed by atoms with Crippen LogP contribution in [0.1, 0.15) is 19.8 Å². The summed E-state index contributed by atoms with van der Waals surface area (Å²) in [6, 6.07) is 1.77. The second-order valence-electron chi connectivity index (χ2n) is 7.00. The first-order chi connectivity index (χ1) is 13.5. The van der Waals surface area contributed by atoms with Gasteiger partial charge in [-0.25, -0.2) is 19.3 Å². The number of nitrogens with one attached hydrogen (secondary N) is 2. The molecule has 0 radical (unpaired) electrons. The highest BCUT2D eigenvalue weighted by molar-refractivity contribution is 6.31. The Morgan fingerprint density at radius 1 is 1.43 bits per heavy atom. The van der Waals surface area contributed by atoms with Crippen LogP contribution >= 0.6 is 11.6 Å². The van der Waals surface area contributed by atoms with Gasteiger partial charge in [0.15, 0.2) is 17.5 Å². The van der Waals surface area contributed by atoms with Crippen molar-refractivity contribution in [1.29, 1.82) is 0 Å². The molecule has 28 heavy (non-hydrogen) atoms. The summed E-state index contributed by atoms with van der Waals surface area (Å²) < 4.78 is 14.3. The summed E-state index contributed by atoms with van der Waals surface area (Å²) in [6.45, 7) is 3.58. The van der Waals surface area contributed by atoms with Crippen molar-refractivity contribution in [3.8, 4) is 11.4 Å². The molecular formula is C19H20ClFN6O. The first-order valence-corrected chi connectivity index (χ1v) is 9.54. The van der Waals surface area contributed by atoms with Crippen LogP contribution in [0.25, 0.3) is 22.4 Å². The summed E-state index contributed by atoms with van der Waals surface area (Å²) in [4.78, 5) is 29.2. The van der Waals surface area contributed by atoms with Gasteiger partial charge in [-0.2, -0.15) is 0 Å². The van der Waals surface area contributed by atoms with Crippen molar-refractivity contribution in [2.24, 2.45) is 5.92 Å². The number of fused-ring (bicyclic) bond motifs is 1. The highest BCUT2D eigenvalue weighted by Crippen LogP contribution is 2.28. The molecule has 1 saturated heterocycles. The van der Waals surface area contributed by atoms with E-state index in [9.17, 15) is 9.18 Å². The normalized spacial score (nSPS) is 17.1. The molecule has 0 aromatic carbocycles. The van der Waals surface area contributed by atoms with Crippen LogP contribution in [0.4, 0.5) is 10.2 Å². The fourth-order valence-electron chi connectivity index (χ4n) is 3.54. The molecule has 4 heterocycles. The van der Waals surface area contributed by atoms with Gasteiger partial charge in [0, 0.05) is 49.9 Å². The van der Waals surface area contributed by atoms with Gasteiger partial charge in [-0.15, -0.1) is 0 Å². The lowest BCUT2D eigenvalue weighted by Gasteiger charge is -2.32. The number of pyridine rings is 1. The molecule has 3 aromatic heterocycles. The fourth-order valence-corrected chi connectivity index (χ4v) is 3.70. The smallest absolute Gasteiger partial charge is 0.219 e. The summed E-state index contributed by atoms with van der Waals surface area (Å²) in [5, 5.41) is 4.36. The van der Waals surface area contributed by atoms with Crippen LogP contribution in [0.15, 0.2) is 24.7 Å². The Labute approximate surface area is 166 Å². The topological polar surface area (TPSA) is 86.8 Å². The molecule has 1 atom stereocenters. The van der Waals surface area contributed by atoms with E-state index >= 15 is 0 Å². The molecular weight excluding hydrogens is 383 g/mol. The molecule has 3 aromatic rings. The van der Waals surface area contributed by atoms with Crippen molar-refractivity contribution in [2.75, 3.05) is 25.0 Å². The number of aromatic nitrogens is 4. The minimum Gasteiger partial charge on any atom is -0.367 e. The molecule has 0 spiro atoms. The van der Waals surface area contributed by atoms with Crippen LogP contribution in [0.2, 0.25) is 5.02 Å². The third-order valence-electron chi connectivity index (χ3n) is 5.01. The van der Waals surface area contributed by atoms with Gasteiger partial charge < -0.3 is 15.2 Å². The maximum atomic E-state index is 14.3. The average molecular weight is 403 g/mol. The summed E-state index contributed by atoms with van der Waals surface area (Å²) in [6.07, 6.45) is 6.38. The predicted octanol–water partition coefficient (Wildman–Crippen LogP) is 3.48. The van der Waals surface area contributed by atoms with Gasteiger partial charge in [-0.1, -0.05) is 11.6 Å². The number of anilines is 1. The number of amides is 1. The number of piperidine rings is 1. The molecule has 0 bridgehead atoms. The first-order valence-electron chi connectivity index (χ1n) is 9.16. The van der Waals surface area contributed by atoms with Crippen molar-refractivity contribution in [3.63, 3.8) is 0 Å². The standard InChI is InChI=1S/C19H20ClFN6O/c1-11(28)27-4-2-3-12(10-27)6-22-19-16(21)9-25-18(26-19)15-8-24-17-14(15)5-13(20)7-23-17/h5,7-9,12H,2-4,6,10H2,1H3,(H,23,24)(H,22,25,26)/t12-/m0/s1. The Balaban J connectivity index is 1.54. The largest absolute Gasteiger partial charge is 0.367 e. The molecule has 1 fully saturated rings. The summed E-state index contributed by atoms with van der Waals surface area (Å²) in [7, 11) is 0. The van der Waals surface area contributed by atoms with Gasteiger partial charge in [0.25, 0.3) is 0 Å². The monoisotopic (exact) mass is 402 g/mol. The number of nitrogens with zero attached hydrogens (tertiary/aromatic N) is 4. The zero-order valence-corrected chi connectivity index (χ0v) is 16.1. The Kier molecular flexibility index (Phi) is 5.13. The summed E-state index contributed by atoms with van der Waals surface area (Å²) >= 11 is 6.04. The van der Waals surface area contributed by atoms with Crippen LogP contribution < -0.4 is 5.32 Å². The minimum absolute atomic E-state index is 0.0757. The molecule has 1 aliphatic rings. The lowest BCUT2D eigenvalue weighted by atomic mass is 9.98. The van der Waals surface area contributed by atoms with E-state index < -0.39 is 5.82 Å². The van der Waals surface area contributed by atoms with E-state index in [0.29, 0.717) is 35.1 Å². The van der Waals surface area contributed by atoms with Crippen LogP contribution in [0.5, 0.6) is 0 Å². The lowest BCUT2D eigenvalue weighted by molar-refractivity contribution is -0.130. The van der Waals surface area contributed by atoms with Crippen molar-refractivity contribution in [3.05, 3.63) is 35.5 Å². The molecule has 9 heteroatoms. The predicted molar refractivity (Wildman–Crippen MR) is 106 cm³/mol. The molecule has 0 saturated carbocycles. The molecule has 146 valence electrons. The van der Waals surface area contributed by atoms with Crippen LogP contribution in [-0.2, 0) is 4.79 Å². The molecule has 2 N–H and O–H groups in total. The quantitative estimate of drug-likeness (QED) is 0.697. The van der Waals surface area contributed by atoms with Crippen molar-refractivity contribution in [1.82, 2.24) is 24.8 Å². The van der Waals surface area contributed by atoms with E-state index in [4.69, 9.17) is 11.6 Å². The summed E-state index contributed by atoms with van der Waals surface area (Å²) in [5.41, 5.74) is 1.36. The number of likely N-dealkylation sites (tertiary alicyclic amines) is 1. The Morgan fingerprint density at radius 3 is 3.11 bits per heavy atom. The van der Waals surface area contributed by atoms with Gasteiger partial charge in [0.1, 0.15) is 5.65 Å². The number of hydrogen-bond donors (Lipinski definition) is 2. The number of halogens is 2. The van der Waals surface area contributed by atoms with Gasteiger partial charge >= 0.3 is 0 Å². The van der Waals surface area contributed by atoms with Crippen molar-refractivity contribution < 1.29 is 9.18 Å². The van der Waals surface area contributed by atoms with E-state index in [0.717, 1.165) is 31.0 Å². The third-order valence-corrected chi connectivity index (χ3v) is 5.21. The first kappa shape index (κ1) is 18.6. The minimum atomic E-state index is -0.515. The van der Waals surface area contributed by atoms with E-state index in [1.807, 2.05) is 4.90 Å². The van der Waals surface area contributed by atoms with E-state index in [1.54, 1.807) is 25.4 Å². The van der Waals surface area contributed by atoms with Crippen molar-refractivity contribution >= 4 is 34.4 Å². The zero-order valence-electron chi connectivity index (χ0n) is 15.4. The van der Waals surface area contributed by atoms with Gasteiger partial charge in [0.05, 0.1) is 11.2 Å². The van der Waals surface area contributed by atoms with Crippen LogP contribution in [0, 0.1) is 11.7 Å². The van der Waals surface area contributed by atoms with Crippen LogP contribution in [-0.4, -0.2) is 50.4 Å². The number of carbonyl (C=O) groups excluding carboxylic acids is 1. The molecule has 4 rings (SSSR count). The molecule has 0 aliphatic carbocycles. The fraction of sp³-hybridized carbons (Fsp3) is 0.368. The van der Waals surface area contributed by atoms with Gasteiger partial charge in [-0.3, -0.25) is 4.79 Å². The molecule has 0 unspecified atom stereocenters. The van der Waals surface area contributed by atoms with Gasteiger partial charge in [0.2, 0.25) is 5.91 Å². The maximum absolute atomic E-state index is 14.3. The Bertz CT molecular complexity index is 1020. The third kappa shape index (κ3) is 3.77. The molecule has 1 aliphatic heterocycles. The zero-order chi connectivity index (χ0) is 19.7. The molecule has 7 nitrogen and oxygen atoms in total. The molecule has 1 amide bonds. The summed E-state index contributed by atoms with van der Waals surface area (Å²) in [5.74, 6) is 0.347. The Morgan fingerprint density at radius 2 is 2.29 bits per heavy atom. The van der Waals surface area contributed by atoms with Crippen LogP contribution in [0.3, 0.4) is 0 Å². The number of hydrogen-bond acceptors (Lipinski definition) is 5. The van der Waals surface area contributed by atoms with Crippen molar-refractivity contribution in [2.45, 2.75) is 19.8 Å². The second-order valence-corrected chi connectivity index (χ2v) is 7.43. The lowest BCUT2D eigenvalue weighted by Crippen LogP contribution is -2.40. The highest BCUT2D eigenvalue weighted by atomic mass is 35.5. The second kappa shape index (κ2) is 7.71. The van der Waals surface area contributed by atoms with Gasteiger partial charge in [-0.05, 0) is 24.8 Å².